The third-order valence-electron chi connectivity index (χ3n) is 3.04. The lowest BCUT2D eigenvalue weighted by molar-refractivity contribution is -0.122. The number of carbonyl (C=O) groups is 1. The van der Waals surface area contributed by atoms with E-state index in [4.69, 9.17) is 0 Å². The molecule has 6 nitrogen and oxygen atoms in total. The molecule has 0 radical (unpaired) electrons. The number of aryl methyl sites for hydroxylation is 1. The second-order valence-electron chi connectivity index (χ2n) is 4.94. The molecule has 0 saturated heterocycles. The third-order valence-corrected chi connectivity index (χ3v) is 3.04. The van der Waals surface area contributed by atoms with Crippen molar-refractivity contribution in [1.82, 2.24) is 25.2 Å². The lowest BCUT2D eigenvalue weighted by Crippen LogP contribution is -2.42. The van der Waals surface area contributed by atoms with Gasteiger partial charge in [-0.2, -0.15) is 5.10 Å². The van der Waals surface area contributed by atoms with Crippen LogP contribution in [0, 0.1) is 6.92 Å². The highest BCUT2D eigenvalue weighted by molar-refractivity contribution is 5.81. The van der Waals surface area contributed by atoms with E-state index in [2.05, 4.69) is 20.7 Å². The van der Waals surface area contributed by atoms with Gasteiger partial charge in [0.05, 0.1) is 11.7 Å². The first-order valence-electron chi connectivity index (χ1n) is 6.92. The van der Waals surface area contributed by atoms with Crippen LogP contribution in [0.5, 0.6) is 0 Å². The van der Waals surface area contributed by atoms with Gasteiger partial charge in [0, 0.05) is 37.1 Å². The number of carbonyl (C=O) groups excluding carboxylic acids is 1. The molecular formula is C14H21N5O. The van der Waals surface area contributed by atoms with Crippen LogP contribution in [-0.2, 0) is 11.3 Å². The standard InChI is InChI=1S/C14H21N5O/c1-4-5-15-14(20)11(3)16-7-12-8-17-13-6-10(2)18-19(13)9-12/h6,8-9,11,16H,4-5,7H2,1-3H3,(H,15,20). The Kier molecular flexibility index (Phi) is 4.68. The molecule has 108 valence electrons. The Labute approximate surface area is 118 Å². The summed E-state index contributed by atoms with van der Waals surface area (Å²) in [5.74, 6) is 0.0239. The summed E-state index contributed by atoms with van der Waals surface area (Å²) in [4.78, 5) is 16.1. The summed E-state index contributed by atoms with van der Waals surface area (Å²) in [6.07, 6.45) is 4.68. The minimum absolute atomic E-state index is 0.0239. The maximum atomic E-state index is 11.7. The number of hydrogen-bond donors (Lipinski definition) is 2. The Hall–Kier alpha value is -1.95. The lowest BCUT2D eigenvalue weighted by Gasteiger charge is -2.13. The van der Waals surface area contributed by atoms with E-state index in [0.29, 0.717) is 13.1 Å². The predicted octanol–water partition coefficient (Wildman–Crippen LogP) is 1.04. The van der Waals surface area contributed by atoms with Crippen LogP contribution in [0.2, 0.25) is 0 Å². The number of nitrogens with one attached hydrogen (secondary N) is 2. The largest absolute Gasteiger partial charge is 0.355 e. The van der Waals surface area contributed by atoms with Crippen LogP contribution in [-0.4, -0.2) is 33.1 Å². The van der Waals surface area contributed by atoms with Crippen LogP contribution in [0.15, 0.2) is 18.5 Å². The summed E-state index contributed by atoms with van der Waals surface area (Å²) < 4.78 is 1.76. The van der Waals surface area contributed by atoms with Crippen LogP contribution in [0.4, 0.5) is 0 Å². The van der Waals surface area contributed by atoms with E-state index in [1.54, 1.807) is 10.7 Å². The molecule has 1 atom stereocenters. The second-order valence-corrected chi connectivity index (χ2v) is 4.94. The monoisotopic (exact) mass is 275 g/mol. The topological polar surface area (TPSA) is 71.3 Å². The molecule has 0 aliphatic carbocycles. The summed E-state index contributed by atoms with van der Waals surface area (Å²) >= 11 is 0. The molecule has 6 heteroatoms. The van der Waals surface area contributed by atoms with Crippen molar-refractivity contribution in [2.75, 3.05) is 6.54 Å². The molecule has 0 fully saturated rings. The molecule has 2 N–H and O–H groups in total. The molecule has 2 aromatic rings. The Balaban J connectivity index is 1.93. The Morgan fingerprint density at radius 3 is 3.05 bits per heavy atom. The highest BCUT2D eigenvalue weighted by atomic mass is 16.2. The third kappa shape index (κ3) is 3.54. The van der Waals surface area contributed by atoms with Gasteiger partial charge in [0.25, 0.3) is 0 Å². The van der Waals surface area contributed by atoms with Crippen LogP contribution in [0.1, 0.15) is 31.5 Å². The van der Waals surface area contributed by atoms with Crippen molar-refractivity contribution in [3.05, 3.63) is 29.7 Å². The number of nitrogens with zero attached hydrogens (tertiary/aromatic N) is 3. The fourth-order valence-corrected chi connectivity index (χ4v) is 1.89. The normalized spacial score (nSPS) is 12.6. The van der Waals surface area contributed by atoms with Crippen LogP contribution < -0.4 is 10.6 Å². The minimum atomic E-state index is -0.225. The highest BCUT2D eigenvalue weighted by Gasteiger charge is 2.11. The number of rotatable bonds is 6. The first-order valence-corrected chi connectivity index (χ1v) is 6.92. The second kappa shape index (κ2) is 6.47. The van der Waals surface area contributed by atoms with Crippen LogP contribution in [0.25, 0.3) is 5.65 Å². The van der Waals surface area contributed by atoms with E-state index in [9.17, 15) is 4.79 Å². The lowest BCUT2D eigenvalue weighted by atomic mass is 10.2. The zero-order chi connectivity index (χ0) is 14.5. The summed E-state index contributed by atoms with van der Waals surface area (Å²) in [7, 11) is 0. The molecule has 1 amide bonds. The molecule has 20 heavy (non-hydrogen) atoms. The van der Waals surface area contributed by atoms with Crippen molar-refractivity contribution in [3.63, 3.8) is 0 Å². The first kappa shape index (κ1) is 14.5. The molecule has 0 aromatic carbocycles. The van der Waals surface area contributed by atoms with Gasteiger partial charge in [0.15, 0.2) is 5.65 Å². The molecule has 1 unspecified atom stereocenters. The van der Waals surface area contributed by atoms with Crippen molar-refractivity contribution >= 4 is 11.6 Å². The van der Waals surface area contributed by atoms with Crippen molar-refractivity contribution in [2.24, 2.45) is 0 Å². The summed E-state index contributed by atoms with van der Waals surface area (Å²) in [5, 5.41) is 10.4. The van der Waals surface area contributed by atoms with E-state index < -0.39 is 0 Å². The molecule has 2 rings (SSSR count). The molecule has 2 aromatic heterocycles. The minimum Gasteiger partial charge on any atom is -0.355 e. The molecule has 0 aliphatic rings. The number of amides is 1. The fourth-order valence-electron chi connectivity index (χ4n) is 1.89. The van der Waals surface area contributed by atoms with Crippen molar-refractivity contribution in [1.29, 1.82) is 0 Å². The van der Waals surface area contributed by atoms with E-state index in [0.717, 1.165) is 23.3 Å². The Morgan fingerprint density at radius 2 is 2.30 bits per heavy atom. The number of hydrogen-bond acceptors (Lipinski definition) is 4. The van der Waals surface area contributed by atoms with Gasteiger partial charge in [-0.1, -0.05) is 6.92 Å². The van der Waals surface area contributed by atoms with E-state index in [1.807, 2.05) is 33.0 Å². The van der Waals surface area contributed by atoms with Gasteiger partial charge in [-0.25, -0.2) is 9.50 Å². The summed E-state index contributed by atoms with van der Waals surface area (Å²) in [6, 6.07) is 1.70. The highest BCUT2D eigenvalue weighted by Crippen LogP contribution is 2.04. The molecule has 2 heterocycles. The molecular weight excluding hydrogens is 254 g/mol. The van der Waals surface area contributed by atoms with Crippen molar-refractivity contribution in [2.45, 2.75) is 39.8 Å². The Bertz CT molecular complexity index is 592. The smallest absolute Gasteiger partial charge is 0.236 e. The molecule has 0 aliphatic heterocycles. The summed E-state index contributed by atoms with van der Waals surface area (Å²) in [6.45, 7) is 7.13. The van der Waals surface area contributed by atoms with Gasteiger partial charge in [-0.3, -0.25) is 4.79 Å². The zero-order valence-electron chi connectivity index (χ0n) is 12.2. The maximum absolute atomic E-state index is 11.7. The fraction of sp³-hybridized carbons (Fsp3) is 0.500. The SMILES string of the molecule is CCCNC(=O)C(C)NCc1cnc2cc(C)nn2c1. The average Bonchev–Trinajstić information content (AvgIpc) is 2.81. The van der Waals surface area contributed by atoms with Crippen molar-refractivity contribution < 1.29 is 4.79 Å². The van der Waals surface area contributed by atoms with Gasteiger partial charge < -0.3 is 10.6 Å². The number of fused-ring (bicyclic) bond motifs is 1. The van der Waals surface area contributed by atoms with E-state index in [1.165, 1.54) is 0 Å². The van der Waals surface area contributed by atoms with Crippen molar-refractivity contribution in [3.8, 4) is 0 Å². The summed E-state index contributed by atoms with van der Waals surface area (Å²) in [5.41, 5.74) is 2.77. The predicted molar refractivity (Wildman–Crippen MR) is 77.3 cm³/mol. The molecule has 0 saturated carbocycles. The quantitative estimate of drug-likeness (QED) is 0.826. The molecule has 0 spiro atoms. The zero-order valence-corrected chi connectivity index (χ0v) is 12.2. The van der Waals surface area contributed by atoms with Gasteiger partial charge in [0.2, 0.25) is 5.91 Å². The molecule has 0 bridgehead atoms. The Morgan fingerprint density at radius 1 is 1.50 bits per heavy atom. The van der Waals surface area contributed by atoms with Gasteiger partial charge in [0.1, 0.15) is 0 Å². The number of aromatic nitrogens is 3. The van der Waals surface area contributed by atoms with Gasteiger partial charge in [-0.15, -0.1) is 0 Å². The first-order chi connectivity index (χ1) is 9.60. The van der Waals surface area contributed by atoms with E-state index >= 15 is 0 Å². The van der Waals surface area contributed by atoms with Gasteiger partial charge >= 0.3 is 0 Å². The maximum Gasteiger partial charge on any atom is 0.236 e. The average molecular weight is 275 g/mol. The van der Waals surface area contributed by atoms with E-state index in [-0.39, 0.29) is 11.9 Å². The van der Waals surface area contributed by atoms with Crippen LogP contribution >= 0.6 is 0 Å². The van der Waals surface area contributed by atoms with Crippen LogP contribution in [0.3, 0.4) is 0 Å². The van der Waals surface area contributed by atoms with Gasteiger partial charge in [-0.05, 0) is 20.3 Å².